The lowest BCUT2D eigenvalue weighted by molar-refractivity contribution is 0.919. The van der Waals surface area contributed by atoms with Crippen molar-refractivity contribution < 1.29 is 0 Å². The van der Waals surface area contributed by atoms with Crippen LogP contribution in [0.4, 0.5) is 11.5 Å². The molecule has 0 atom stereocenters. The van der Waals surface area contributed by atoms with E-state index in [-0.39, 0.29) is 0 Å². The second-order valence-corrected chi connectivity index (χ2v) is 5.98. The second kappa shape index (κ2) is 5.10. The number of hydrogen-bond donors (Lipinski definition) is 1. The van der Waals surface area contributed by atoms with Gasteiger partial charge in [0.05, 0.1) is 10.7 Å². The SMILES string of the molecule is Cc1cccc(Cl)c1Nc1cc(Br)nc(C2CC2)n1. The molecule has 0 amide bonds. The molecule has 0 aliphatic heterocycles. The lowest BCUT2D eigenvalue weighted by Crippen LogP contribution is -2.01. The molecule has 3 rings (SSSR count). The predicted octanol–water partition coefficient (Wildman–Crippen LogP) is 4.82. The van der Waals surface area contributed by atoms with Crippen LogP contribution in [0.25, 0.3) is 0 Å². The molecule has 0 unspecified atom stereocenters. The van der Waals surface area contributed by atoms with Crippen molar-refractivity contribution in [1.82, 2.24) is 9.97 Å². The number of para-hydroxylation sites is 1. The van der Waals surface area contributed by atoms with Gasteiger partial charge in [-0.3, -0.25) is 0 Å². The van der Waals surface area contributed by atoms with Gasteiger partial charge in [0.1, 0.15) is 16.2 Å². The van der Waals surface area contributed by atoms with Crippen LogP contribution in [-0.2, 0) is 0 Å². The van der Waals surface area contributed by atoms with Crippen molar-refractivity contribution in [2.45, 2.75) is 25.7 Å². The summed E-state index contributed by atoms with van der Waals surface area (Å²) in [6.07, 6.45) is 2.36. The van der Waals surface area contributed by atoms with Crippen LogP contribution in [0.5, 0.6) is 0 Å². The second-order valence-electron chi connectivity index (χ2n) is 4.77. The van der Waals surface area contributed by atoms with Gasteiger partial charge >= 0.3 is 0 Å². The summed E-state index contributed by atoms with van der Waals surface area (Å²) in [5.74, 6) is 2.20. The fraction of sp³-hybridized carbons (Fsp3) is 0.286. The molecule has 1 aromatic heterocycles. The zero-order valence-corrected chi connectivity index (χ0v) is 12.8. The number of benzene rings is 1. The summed E-state index contributed by atoms with van der Waals surface area (Å²) in [5.41, 5.74) is 1.99. The van der Waals surface area contributed by atoms with Crippen LogP contribution < -0.4 is 5.32 Å². The highest BCUT2D eigenvalue weighted by Crippen LogP contribution is 2.39. The summed E-state index contributed by atoms with van der Waals surface area (Å²) in [6.45, 7) is 2.02. The maximum atomic E-state index is 6.22. The molecule has 1 aliphatic rings. The standard InChI is InChI=1S/C14H13BrClN3/c1-8-3-2-4-10(16)13(8)18-12-7-11(15)17-14(19-12)9-5-6-9/h2-4,7,9H,5-6H2,1H3,(H,17,18,19). The third-order valence-corrected chi connectivity index (χ3v) is 3.85. The number of rotatable bonds is 3. The summed E-state index contributed by atoms with van der Waals surface area (Å²) < 4.78 is 0.802. The monoisotopic (exact) mass is 337 g/mol. The van der Waals surface area contributed by atoms with Gasteiger partial charge in [-0.1, -0.05) is 23.7 Å². The molecule has 1 heterocycles. The van der Waals surface area contributed by atoms with E-state index in [0.29, 0.717) is 10.9 Å². The largest absolute Gasteiger partial charge is 0.339 e. The fourth-order valence-corrected chi connectivity index (χ4v) is 2.61. The van der Waals surface area contributed by atoms with E-state index in [1.54, 1.807) is 0 Å². The molecule has 1 aromatic carbocycles. The number of anilines is 2. The maximum Gasteiger partial charge on any atom is 0.135 e. The molecule has 3 nitrogen and oxygen atoms in total. The molecule has 5 heteroatoms. The van der Waals surface area contributed by atoms with Crippen molar-refractivity contribution in [3.8, 4) is 0 Å². The smallest absolute Gasteiger partial charge is 0.135 e. The number of hydrogen-bond acceptors (Lipinski definition) is 3. The quantitative estimate of drug-likeness (QED) is 0.815. The molecule has 1 saturated carbocycles. The van der Waals surface area contributed by atoms with Gasteiger partial charge in [0.2, 0.25) is 0 Å². The molecule has 0 bridgehead atoms. The molecule has 98 valence electrons. The van der Waals surface area contributed by atoms with E-state index < -0.39 is 0 Å². The predicted molar refractivity (Wildman–Crippen MR) is 81.2 cm³/mol. The number of halogens is 2. The molecule has 2 aromatic rings. The Hall–Kier alpha value is -1.13. The van der Waals surface area contributed by atoms with Gasteiger partial charge in [-0.2, -0.15) is 0 Å². The van der Waals surface area contributed by atoms with E-state index in [1.807, 2.05) is 31.2 Å². The van der Waals surface area contributed by atoms with Gasteiger partial charge in [-0.15, -0.1) is 0 Å². The van der Waals surface area contributed by atoms with Crippen LogP contribution in [0.1, 0.15) is 30.1 Å². The molecule has 1 aliphatic carbocycles. The van der Waals surface area contributed by atoms with Gasteiger partial charge in [0.25, 0.3) is 0 Å². The van der Waals surface area contributed by atoms with Crippen LogP contribution in [0, 0.1) is 6.92 Å². The normalized spacial score (nSPS) is 14.5. The van der Waals surface area contributed by atoms with Crippen molar-refractivity contribution >= 4 is 39.0 Å². The summed E-state index contributed by atoms with van der Waals surface area (Å²) in [5, 5.41) is 3.99. The van der Waals surface area contributed by atoms with E-state index >= 15 is 0 Å². The maximum absolute atomic E-state index is 6.22. The van der Waals surface area contributed by atoms with E-state index in [2.05, 4.69) is 31.2 Å². The summed E-state index contributed by atoms with van der Waals surface area (Å²) in [4.78, 5) is 8.98. The highest BCUT2D eigenvalue weighted by atomic mass is 79.9. The van der Waals surface area contributed by atoms with Gasteiger partial charge in [0.15, 0.2) is 0 Å². The highest BCUT2D eigenvalue weighted by molar-refractivity contribution is 9.10. The minimum absolute atomic E-state index is 0.519. The molecular formula is C14H13BrClN3. The van der Waals surface area contributed by atoms with Crippen LogP contribution in [-0.4, -0.2) is 9.97 Å². The van der Waals surface area contributed by atoms with Crippen molar-refractivity contribution in [3.63, 3.8) is 0 Å². The molecule has 1 fully saturated rings. The van der Waals surface area contributed by atoms with Gasteiger partial charge in [-0.25, -0.2) is 9.97 Å². The van der Waals surface area contributed by atoms with Crippen molar-refractivity contribution in [1.29, 1.82) is 0 Å². The summed E-state index contributed by atoms with van der Waals surface area (Å²) in [7, 11) is 0. The van der Waals surface area contributed by atoms with Gasteiger partial charge in [0, 0.05) is 12.0 Å². The van der Waals surface area contributed by atoms with Crippen molar-refractivity contribution in [2.75, 3.05) is 5.32 Å². The lowest BCUT2D eigenvalue weighted by Gasteiger charge is -2.11. The Balaban J connectivity index is 1.94. The minimum Gasteiger partial charge on any atom is -0.339 e. The van der Waals surface area contributed by atoms with Crippen LogP contribution >= 0.6 is 27.5 Å². The molecule has 0 saturated heterocycles. The number of aryl methyl sites for hydroxylation is 1. The van der Waals surface area contributed by atoms with E-state index in [9.17, 15) is 0 Å². The number of nitrogens with one attached hydrogen (secondary N) is 1. The van der Waals surface area contributed by atoms with E-state index in [1.165, 1.54) is 12.8 Å². The Morgan fingerprint density at radius 2 is 2.11 bits per heavy atom. The average Bonchev–Trinajstić information content (AvgIpc) is 3.17. The highest BCUT2D eigenvalue weighted by Gasteiger charge is 2.27. The molecular weight excluding hydrogens is 326 g/mol. The third kappa shape index (κ3) is 2.90. The first-order valence-electron chi connectivity index (χ1n) is 6.20. The zero-order chi connectivity index (χ0) is 13.4. The Labute approximate surface area is 125 Å². The summed E-state index contributed by atoms with van der Waals surface area (Å²) in [6, 6.07) is 7.70. The first-order chi connectivity index (χ1) is 9.13. The Bertz CT molecular complexity index is 606. The fourth-order valence-electron chi connectivity index (χ4n) is 1.94. The average molecular weight is 339 g/mol. The van der Waals surface area contributed by atoms with Gasteiger partial charge in [-0.05, 0) is 47.3 Å². The molecule has 0 radical (unpaired) electrons. The number of aromatic nitrogens is 2. The molecule has 19 heavy (non-hydrogen) atoms. The summed E-state index contributed by atoms with van der Waals surface area (Å²) >= 11 is 9.65. The van der Waals surface area contributed by atoms with E-state index in [0.717, 1.165) is 27.5 Å². The van der Waals surface area contributed by atoms with Crippen LogP contribution in [0.15, 0.2) is 28.9 Å². The van der Waals surface area contributed by atoms with Crippen LogP contribution in [0.3, 0.4) is 0 Å². The Morgan fingerprint density at radius 3 is 2.79 bits per heavy atom. The van der Waals surface area contributed by atoms with Crippen molar-refractivity contribution in [3.05, 3.63) is 45.3 Å². The Morgan fingerprint density at radius 1 is 1.32 bits per heavy atom. The minimum atomic E-state index is 0.519. The zero-order valence-electron chi connectivity index (χ0n) is 10.5. The number of nitrogens with zero attached hydrogens (tertiary/aromatic N) is 2. The Kier molecular flexibility index (Phi) is 3.46. The van der Waals surface area contributed by atoms with Crippen LogP contribution in [0.2, 0.25) is 5.02 Å². The third-order valence-electron chi connectivity index (χ3n) is 3.13. The first kappa shape index (κ1) is 12.9. The lowest BCUT2D eigenvalue weighted by atomic mass is 10.2. The molecule has 0 spiro atoms. The van der Waals surface area contributed by atoms with Crippen molar-refractivity contribution in [2.24, 2.45) is 0 Å². The topological polar surface area (TPSA) is 37.8 Å². The molecule has 1 N–H and O–H groups in total. The van der Waals surface area contributed by atoms with Gasteiger partial charge < -0.3 is 5.32 Å². The van der Waals surface area contributed by atoms with E-state index in [4.69, 9.17) is 11.6 Å². The first-order valence-corrected chi connectivity index (χ1v) is 7.37.